The number of rotatable bonds is 5. The van der Waals surface area contributed by atoms with Gasteiger partial charge in [-0.2, -0.15) is 4.99 Å². The molecule has 0 spiro atoms. The molecule has 0 radical (unpaired) electrons. The van der Waals surface area contributed by atoms with Crippen LogP contribution in [0.2, 0.25) is 0 Å². The van der Waals surface area contributed by atoms with Crippen molar-refractivity contribution in [1.29, 1.82) is 0 Å². The van der Waals surface area contributed by atoms with Crippen LogP contribution in [0.25, 0.3) is 16.3 Å². The summed E-state index contributed by atoms with van der Waals surface area (Å²) in [5.74, 6) is -0.519. The van der Waals surface area contributed by atoms with Crippen LogP contribution >= 0.6 is 22.7 Å². The lowest BCUT2D eigenvalue weighted by molar-refractivity contribution is -0.384. The Morgan fingerprint density at radius 3 is 2.59 bits per heavy atom. The van der Waals surface area contributed by atoms with E-state index in [-0.39, 0.29) is 10.7 Å². The van der Waals surface area contributed by atoms with E-state index < -0.39 is 15.8 Å². The van der Waals surface area contributed by atoms with Crippen LogP contribution in [0, 0.1) is 20.2 Å². The molecular weight excluding hydrogens is 392 g/mol. The predicted molar refractivity (Wildman–Crippen MR) is 103 cm³/mol. The van der Waals surface area contributed by atoms with Crippen molar-refractivity contribution in [2.45, 2.75) is 13.5 Å². The molecule has 3 rings (SSSR count). The molecule has 0 atom stereocenters. The number of nitrogens with zero attached hydrogens (tertiary/aromatic N) is 4. The molecule has 0 N–H and O–H groups in total. The highest BCUT2D eigenvalue weighted by Crippen LogP contribution is 2.25. The molecule has 0 bridgehead atoms. The molecule has 1 aromatic carbocycles. The fraction of sp³-hybridized carbons (Fsp3) is 0.125. The average Bonchev–Trinajstić information content (AvgIpc) is 3.23. The van der Waals surface area contributed by atoms with Gasteiger partial charge in [-0.05, 0) is 25.1 Å². The molecule has 0 aliphatic heterocycles. The molecule has 0 aliphatic rings. The Morgan fingerprint density at radius 2 is 1.96 bits per heavy atom. The van der Waals surface area contributed by atoms with E-state index in [1.807, 2.05) is 6.92 Å². The van der Waals surface area contributed by atoms with Crippen molar-refractivity contribution in [3.8, 4) is 0 Å². The second-order valence-electron chi connectivity index (χ2n) is 5.25. The van der Waals surface area contributed by atoms with Crippen LogP contribution in [0.5, 0.6) is 0 Å². The number of hydrogen-bond acceptors (Lipinski definition) is 7. The summed E-state index contributed by atoms with van der Waals surface area (Å²) in [4.78, 5) is 37.8. The lowest BCUT2D eigenvalue weighted by Gasteiger charge is -1.99. The first-order chi connectivity index (χ1) is 12.9. The summed E-state index contributed by atoms with van der Waals surface area (Å²) >= 11 is 2.15. The van der Waals surface area contributed by atoms with Crippen molar-refractivity contribution in [3.05, 3.63) is 66.3 Å². The van der Waals surface area contributed by atoms with Gasteiger partial charge in [-0.3, -0.25) is 25.0 Å². The van der Waals surface area contributed by atoms with Gasteiger partial charge in [0, 0.05) is 35.7 Å². The molecule has 2 heterocycles. The summed E-state index contributed by atoms with van der Waals surface area (Å²) in [7, 11) is 0. The molecule has 0 saturated carbocycles. The van der Waals surface area contributed by atoms with Crippen molar-refractivity contribution in [2.24, 2.45) is 4.99 Å². The second kappa shape index (κ2) is 7.60. The van der Waals surface area contributed by atoms with Gasteiger partial charge in [-0.1, -0.05) is 22.7 Å². The number of thiazole rings is 1. The van der Waals surface area contributed by atoms with Gasteiger partial charge in [0.2, 0.25) is 0 Å². The van der Waals surface area contributed by atoms with E-state index in [2.05, 4.69) is 4.99 Å². The van der Waals surface area contributed by atoms with Crippen molar-refractivity contribution in [1.82, 2.24) is 4.57 Å². The zero-order chi connectivity index (χ0) is 19.6. The minimum Gasteiger partial charge on any atom is -0.317 e. The Bertz CT molecular complexity index is 1160. The standard InChI is InChI=1S/C16H12N4O5S2/c1-2-18-12-6-3-10(19(22)23)9-13(12)27-16(18)17-14(21)7-4-11-5-8-15(26-11)20(24)25/h3-9H,2H2,1H3/b7-4+,17-16?. The number of benzene rings is 1. The van der Waals surface area contributed by atoms with Crippen molar-refractivity contribution in [3.63, 3.8) is 0 Å². The fourth-order valence-electron chi connectivity index (χ4n) is 2.38. The summed E-state index contributed by atoms with van der Waals surface area (Å²) in [6.07, 6.45) is 2.71. The van der Waals surface area contributed by atoms with E-state index in [4.69, 9.17) is 0 Å². The summed E-state index contributed by atoms with van der Waals surface area (Å²) in [6.45, 7) is 2.43. The Hall–Kier alpha value is -3.18. The SMILES string of the molecule is CCn1c(=NC(=O)/C=C/c2ccc([N+](=O)[O-])s2)sc2cc([N+](=O)[O-])ccc21. The lowest BCUT2D eigenvalue weighted by atomic mass is 10.3. The minimum absolute atomic E-state index is 0.00559. The van der Waals surface area contributed by atoms with Gasteiger partial charge in [-0.15, -0.1) is 0 Å². The van der Waals surface area contributed by atoms with Gasteiger partial charge < -0.3 is 4.57 Å². The van der Waals surface area contributed by atoms with Crippen LogP contribution in [0.4, 0.5) is 10.7 Å². The maximum absolute atomic E-state index is 12.1. The van der Waals surface area contributed by atoms with E-state index in [0.29, 0.717) is 20.9 Å². The normalized spacial score (nSPS) is 12.1. The van der Waals surface area contributed by atoms with E-state index in [1.165, 1.54) is 41.7 Å². The molecule has 0 saturated heterocycles. The third-order valence-electron chi connectivity index (χ3n) is 3.58. The molecule has 3 aromatic rings. The molecule has 138 valence electrons. The maximum atomic E-state index is 12.1. The van der Waals surface area contributed by atoms with Gasteiger partial charge in [-0.25, -0.2) is 0 Å². The number of fused-ring (bicyclic) bond motifs is 1. The topological polar surface area (TPSA) is 121 Å². The molecule has 27 heavy (non-hydrogen) atoms. The largest absolute Gasteiger partial charge is 0.324 e. The van der Waals surface area contributed by atoms with Crippen molar-refractivity contribution in [2.75, 3.05) is 0 Å². The van der Waals surface area contributed by atoms with Crippen LogP contribution < -0.4 is 4.80 Å². The Morgan fingerprint density at radius 1 is 1.19 bits per heavy atom. The molecule has 0 aliphatic carbocycles. The number of aromatic nitrogens is 1. The molecule has 0 fully saturated rings. The molecule has 9 nitrogen and oxygen atoms in total. The quantitative estimate of drug-likeness (QED) is 0.364. The van der Waals surface area contributed by atoms with Crippen LogP contribution in [-0.2, 0) is 11.3 Å². The average molecular weight is 404 g/mol. The Balaban J connectivity index is 1.93. The van der Waals surface area contributed by atoms with Crippen molar-refractivity contribution < 1.29 is 14.6 Å². The zero-order valence-electron chi connectivity index (χ0n) is 13.9. The number of amides is 1. The van der Waals surface area contributed by atoms with E-state index in [1.54, 1.807) is 16.7 Å². The number of nitro groups is 2. The highest BCUT2D eigenvalue weighted by molar-refractivity contribution is 7.16. The number of nitro benzene ring substituents is 1. The summed E-state index contributed by atoms with van der Waals surface area (Å²) < 4.78 is 2.46. The number of carbonyl (C=O) groups excluding carboxylic acids is 1. The fourth-order valence-corrected chi connectivity index (χ4v) is 4.24. The van der Waals surface area contributed by atoms with Gasteiger partial charge in [0.1, 0.15) is 0 Å². The Kier molecular flexibility index (Phi) is 5.23. The van der Waals surface area contributed by atoms with Crippen LogP contribution in [0.3, 0.4) is 0 Å². The minimum atomic E-state index is -0.519. The number of thiophene rings is 1. The van der Waals surface area contributed by atoms with E-state index >= 15 is 0 Å². The monoisotopic (exact) mass is 404 g/mol. The Labute approximate surface area is 159 Å². The predicted octanol–water partition coefficient (Wildman–Crippen LogP) is 3.74. The maximum Gasteiger partial charge on any atom is 0.324 e. The second-order valence-corrected chi connectivity index (χ2v) is 7.36. The molecule has 0 unspecified atom stereocenters. The van der Waals surface area contributed by atoms with Gasteiger partial charge in [0.05, 0.1) is 20.1 Å². The van der Waals surface area contributed by atoms with Gasteiger partial charge in [0.25, 0.3) is 11.6 Å². The van der Waals surface area contributed by atoms with E-state index in [0.717, 1.165) is 16.9 Å². The third kappa shape index (κ3) is 3.99. The first kappa shape index (κ1) is 18.6. The van der Waals surface area contributed by atoms with Gasteiger partial charge in [0.15, 0.2) is 4.80 Å². The zero-order valence-corrected chi connectivity index (χ0v) is 15.5. The van der Waals surface area contributed by atoms with Crippen molar-refractivity contribution >= 4 is 55.6 Å². The molecule has 2 aromatic heterocycles. The number of aryl methyl sites for hydroxylation is 1. The smallest absolute Gasteiger partial charge is 0.317 e. The van der Waals surface area contributed by atoms with Gasteiger partial charge >= 0.3 is 5.00 Å². The number of non-ortho nitro benzene ring substituents is 1. The molecular formula is C16H12N4O5S2. The van der Waals surface area contributed by atoms with E-state index in [9.17, 15) is 25.0 Å². The third-order valence-corrected chi connectivity index (χ3v) is 5.63. The van der Waals surface area contributed by atoms with Crippen LogP contribution in [-0.4, -0.2) is 20.3 Å². The number of carbonyl (C=O) groups is 1. The molecule has 11 heteroatoms. The lowest BCUT2D eigenvalue weighted by Crippen LogP contribution is -2.15. The number of hydrogen-bond donors (Lipinski definition) is 0. The summed E-state index contributed by atoms with van der Waals surface area (Å²) in [6, 6.07) is 7.43. The highest BCUT2D eigenvalue weighted by Gasteiger charge is 2.12. The summed E-state index contributed by atoms with van der Waals surface area (Å²) in [5.41, 5.74) is 0.738. The van der Waals surface area contributed by atoms with Crippen LogP contribution in [0.1, 0.15) is 11.8 Å². The highest BCUT2D eigenvalue weighted by atomic mass is 32.1. The first-order valence-corrected chi connectivity index (χ1v) is 9.31. The first-order valence-electron chi connectivity index (χ1n) is 7.68. The van der Waals surface area contributed by atoms with Crippen LogP contribution in [0.15, 0.2) is 41.4 Å². The summed E-state index contributed by atoms with van der Waals surface area (Å²) in [5, 5.41) is 21.6. The molecule has 1 amide bonds.